The van der Waals surface area contributed by atoms with Gasteiger partial charge in [-0.2, -0.15) is 0 Å². The van der Waals surface area contributed by atoms with Gasteiger partial charge in [0.2, 0.25) is 0 Å². The predicted octanol–water partition coefficient (Wildman–Crippen LogP) is 2.15. The lowest BCUT2D eigenvalue weighted by atomic mass is 10.1. The molecule has 0 aliphatic rings. The smallest absolute Gasteiger partial charge is 0.127 e. The van der Waals surface area contributed by atoms with E-state index in [4.69, 9.17) is 5.11 Å². The van der Waals surface area contributed by atoms with E-state index in [1.807, 2.05) is 4.90 Å². The molecule has 0 bridgehead atoms. The van der Waals surface area contributed by atoms with Gasteiger partial charge in [-0.3, -0.25) is 4.90 Å². The Labute approximate surface area is 115 Å². The summed E-state index contributed by atoms with van der Waals surface area (Å²) in [6, 6.07) is 4.76. The molecule has 0 aromatic heterocycles. The maximum absolute atomic E-state index is 13.6. The SMILES string of the molecule is CC(C)(O)CN(CCO)Cc1cc(Br)ccc1F. The zero-order chi connectivity index (χ0) is 13.8. The van der Waals surface area contributed by atoms with Crippen molar-refractivity contribution < 1.29 is 14.6 Å². The number of hydrogen-bond donors (Lipinski definition) is 2. The van der Waals surface area contributed by atoms with E-state index in [0.717, 1.165) is 4.47 Å². The van der Waals surface area contributed by atoms with Crippen molar-refractivity contribution in [3.05, 3.63) is 34.1 Å². The van der Waals surface area contributed by atoms with Gasteiger partial charge in [-0.15, -0.1) is 0 Å². The van der Waals surface area contributed by atoms with Crippen molar-refractivity contribution in [1.82, 2.24) is 4.90 Å². The number of hydrogen-bond acceptors (Lipinski definition) is 3. The highest BCUT2D eigenvalue weighted by atomic mass is 79.9. The highest BCUT2D eigenvalue weighted by Crippen LogP contribution is 2.18. The first-order valence-electron chi connectivity index (χ1n) is 5.81. The van der Waals surface area contributed by atoms with E-state index in [-0.39, 0.29) is 12.4 Å². The first kappa shape index (κ1) is 15.6. The van der Waals surface area contributed by atoms with Crippen LogP contribution in [0.5, 0.6) is 0 Å². The molecule has 5 heteroatoms. The highest BCUT2D eigenvalue weighted by Gasteiger charge is 2.19. The summed E-state index contributed by atoms with van der Waals surface area (Å²) in [5.74, 6) is -0.281. The van der Waals surface area contributed by atoms with Crippen LogP contribution in [-0.2, 0) is 6.54 Å². The number of aliphatic hydroxyl groups is 2. The fraction of sp³-hybridized carbons (Fsp3) is 0.538. The van der Waals surface area contributed by atoms with Crippen LogP contribution in [0.1, 0.15) is 19.4 Å². The summed E-state index contributed by atoms with van der Waals surface area (Å²) < 4.78 is 14.4. The van der Waals surface area contributed by atoms with Gasteiger partial charge in [0.05, 0.1) is 12.2 Å². The van der Waals surface area contributed by atoms with Gasteiger partial charge in [0.15, 0.2) is 0 Å². The van der Waals surface area contributed by atoms with Gasteiger partial charge in [-0.05, 0) is 32.0 Å². The molecule has 1 rings (SSSR count). The van der Waals surface area contributed by atoms with Gasteiger partial charge in [0.25, 0.3) is 0 Å². The summed E-state index contributed by atoms with van der Waals surface area (Å²) in [4.78, 5) is 1.82. The van der Waals surface area contributed by atoms with Crippen molar-refractivity contribution in [2.45, 2.75) is 26.0 Å². The maximum atomic E-state index is 13.6. The zero-order valence-corrected chi connectivity index (χ0v) is 12.2. The molecule has 2 N–H and O–H groups in total. The molecular formula is C13H19BrFNO2. The predicted molar refractivity (Wildman–Crippen MR) is 72.8 cm³/mol. The topological polar surface area (TPSA) is 43.7 Å². The summed E-state index contributed by atoms with van der Waals surface area (Å²) in [7, 11) is 0. The summed E-state index contributed by atoms with van der Waals surface area (Å²) in [6.45, 7) is 4.49. The summed E-state index contributed by atoms with van der Waals surface area (Å²) in [5, 5.41) is 18.8. The van der Waals surface area contributed by atoms with Gasteiger partial charge in [0.1, 0.15) is 5.82 Å². The molecule has 0 amide bonds. The number of benzene rings is 1. The largest absolute Gasteiger partial charge is 0.395 e. The van der Waals surface area contributed by atoms with Gasteiger partial charge in [-0.25, -0.2) is 4.39 Å². The van der Waals surface area contributed by atoms with Crippen LogP contribution < -0.4 is 0 Å². The molecule has 1 aromatic rings. The molecule has 0 radical (unpaired) electrons. The Bertz CT molecular complexity index is 393. The zero-order valence-electron chi connectivity index (χ0n) is 10.7. The van der Waals surface area contributed by atoms with E-state index in [2.05, 4.69) is 15.9 Å². The van der Waals surface area contributed by atoms with Crippen LogP contribution in [-0.4, -0.2) is 40.4 Å². The van der Waals surface area contributed by atoms with Gasteiger partial charge in [0, 0.05) is 29.7 Å². The fourth-order valence-electron chi connectivity index (χ4n) is 1.81. The van der Waals surface area contributed by atoms with Crippen molar-refractivity contribution in [3.8, 4) is 0 Å². The normalized spacial score (nSPS) is 12.2. The van der Waals surface area contributed by atoms with Crippen LogP contribution >= 0.6 is 15.9 Å². The Morgan fingerprint density at radius 1 is 1.39 bits per heavy atom. The molecule has 0 saturated carbocycles. The Hall–Kier alpha value is -0.490. The Morgan fingerprint density at radius 2 is 2.06 bits per heavy atom. The molecule has 0 atom stereocenters. The average Bonchev–Trinajstić information content (AvgIpc) is 2.21. The standard InChI is InChI=1S/C13H19BrFNO2/c1-13(2,18)9-16(5-6-17)8-10-7-11(14)3-4-12(10)15/h3-4,7,17-18H,5-6,8-9H2,1-2H3. The summed E-state index contributed by atoms with van der Waals surface area (Å²) in [6.07, 6.45) is 0. The van der Waals surface area contributed by atoms with E-state index < -0.39 is 5.60 Å². The summed E-state index contributed by atoms with van der Waals surface area (Å²) >= 11 is 3.30. The minimum atomic E-state index is -0.877. The number of halogens is 2. The first-order chi connectivity index (χ1) is 8.31. The van der Waals surface area contributed by atoms with Crippen LogP contribution in [0.3, 0.4) is 0 Å². The molecule has 0 unspecified atom stereocenters. The van der Waals surface area contributed by atoms with Gasteiger partial charge in [-0.1, -0.05) is 15.9 Å². The van der Waals surface area contributed by atoms with Crippen molar-refractivity contribution in [2.75, 3.05) is 19.7 Å². The lowest BCUT2D eigenvalue weighted by Crippen LogP contribution is -2.39. The van der Waals surface area contributed by atoms with Crippen molar-refractivity contribution in [1.29, 1.82) is 0 Å². The second-order valence-corrected chi connectivity index (χ2v) is 5.90. The minimum Gasteiger partial charge on any atom is -0.395 e. The third-order valence-electron chi connectivity index (χ3n) is 2.43. The van der Waals surface area contributed by atoms with Crippen molar-refractivity contribution in [2.24, 2.45) is 0 Å². The minimum absolute atomic E-state index is 0.0221. The van der Waals surface area contributed by atoms with E-state index in [9.17, 15) is 9.50 Å². The quantitative estimate of drug-likeness (QED) is 0.844. The molecule has 0 heterocycles. The Morgan fingerprint density at radius 3 is 2.61 bits per heavy atom. The van der Waals surface area contributed by atoms with Crippen LogP contribution in [0.4, 0.5) is 4.39 Å². The molecule has 3 nitrogen and oxygen atoms in total. The van der Waals surface area contributed by atoms with E-state index in [1.165, 1.54) is 6.07 Å². The van der Waals surface area contributed by atoms with Crippen LogP contribution in [0.25, 0.3) is 0 Å². The number of nitrogens with zero attached hydrogens (tertiary/aromatic N) is 1. The highest BCUT2D eigenvalue weighted by molar-refractivity contribution is 9.10. The third-order valence-corrected chi connectivity index (χ3v) is 2.92. The molecule has 0 aliphatic carbocycles. The molecule has 1 aromatic carbocycles. The average molecular weight is 320 g/mol. The molecule has 0 fully saturated rings. The fourth-order valence-corrected chi connectivity index (χ4v) is 2.22. The Kier molecular flexibility index (Phi) is 5.72. The molecule has 0 aliphatic heterocycles. The molecule has 102 valence electrons. The van der Waals surface area contributed by atoms with Crippen LogP contribution in [0.15, 0.2) is 22.7 Å². The monoisotopic (exact) mass is 319 g/mol. The Balaban J connectivity index is 2.79. The maximum Gasteiger partial charge on any atom is 0.127 e. The third kappa shape index (κ3) is 5.44. The molecule has 0 spiro atoms. The van der Waals surface area contributed by atoms with Gasteiger partial charge < -0.3 is 10.2 Å². The second kappa shape index (κ2) is 6.61. The van der Waals surface area contributed by atoms with Crippen LogP contribution in [0, 0.1) is 5.82 Å². The van der Waals surface area contributed by atoms with Gasteiger partial charge >= 0.3 is 0 Å². The molecule has 0 saturated heterocycles. The number of rotatable bonds is 6. The first-order valence-corrected chi connectivity index (χ1v) is 6.60. The number of aliphatic hydroxyl groups excluding tert-OH is 1. The molecule has 18 heavy (non-hydrogen) atoms. The van der Waals surface area contributed by atoms with E-state index in [0.29, 0.717) is 25.2 Å². The van der Waals surface area contributed by atoms with E-state index >= 15 is 0 Å². The van der Waals surface area contributed by atoms with E-state index in [1.54, 1.807) is 26.0 Å². The second-order valence-electron chi connectivity index (χ2n) is 4.98. The van der Waals surface area contributed by atoms with Crippen molar-refractivity contribution in [3.63, 3.8) is 0 Å². The lowest BCUT2D eigenvalue weighted by molar-refractivity contribution is 0.0277. The summed E-state index contributed by atoms with van der Waals surface area (Å²) in [5.41, 5.74) is -0.334. The molecular weight excluding hydrogens is 301 g/mol. The van der Waals surface area contributed by atoms with Crippen LogP contribution in [0.2, 0.25) is 0 Å². The van der Waals surface area contributed by atoms with Crippen molar-refractivity contribution >= 4 is 15.9 Å². The lowest BCUT2D eigenvalue weighted by Gasteiger charge is -2.28.